The molecule has 104 valence electrons. The van der Waals surface area contributed by atoms with Gasteiger partial charge in [-0.3, -0.25) is 4.57 Å². The van der Waals surface area contributed by atoms with Gasteiger partial charge in [-0.15, -0.1) is 0 Å². The molecule has 21 heavy (non-hydrogen) atoms. The van der Waals surface area contributed by atoms with E-state index < -0.39 is 0 Å². The summed E-state index contributed by atoms with van der Waals surface area (Å²) < 4.78 is 2.16. The van der Waals surface area contributed by atoms with Gasteiger partial charge in [0, 0.05) is 17.8 Å². The van der Waals surface area contributed by atoms with Crippen LogP contribution in [0.4, 0.5) is 0 Å². The van der Waals surface area contributed by atoms with Gasteiger partial charge in [0.2, 0.25) is 0 Å². The van der Waals surface area contributed by atoms with Crippen molar-refractivity contribution in [2.45, 2.75) is 13.0 Å². The first-order valence-electron chi connectivity index (χ1n) is 7.32. The van der Waals surface area contributed by atoms with Crippen molar-refractivity contribution in [3.05, 3.63) is 72.2 Å². The van der Waals surface area contributed by atoms with Gasteiger partial charge in [0.05, 0.1) is 18.2 Å². The van der Waals surface area contributed by atoms with Crippen LogP contribution in [-0.2, 0) is 13.0 Å². The SMILES string of the molecule is c1ccc(-c2cncn2-c2ccc3c(c2)CNCC3)cc1. The number of benzene rings is 2. The average molecular weight is 275 g/mol. The number of nitrogens with one attached hydrogen (secondary N) is 1. The summed E-state index contributed by atoms with van der Waals surface area (Å²) in [6.07, 6.45) is 4.93. The summed E-state index contributed by atoms with van der Waals surface area (Å²) in [7, 11) is 0. The molecule has 0 saturated carbocycles. The predicted molar refractivity (Wildman–Crippen MR) is 84.4 cm³/mol. The molecule has 0 fully saturated rings. The summed E-state index contributed by atoms with van der Waals surface area (Å²) in [6.45, 7) is 2.03. The summed E-state index contributed by atoms with van der Waals surface area (Å²) in [4.78, 5) is 4.33. The Balaban J connectivity index is 1.80. The molecule has 2 heterocycles. The minimum Gasteiger partial charge on any atom is -0.312 e. The first-order chi connectivity index (χ1) is 10.4. The lowest BCUT2D eigenvalue weighted by atomic mass is 10.0. The topological polar surface area (TPSA) is 29.9 Å². The Kier molecular flexibility index (Phi) is 3.05. The molecule has 3 aromatic rings. The van der Waals surface area contributed by atoms with Gasteiger partial charge in [-0.05, 0) is 36.2 Å². The second-order valence-electron chi connectivity index (χ2n) is 5.39. The van der Waals surface area contributed by atoms with Gasteiger partial charge in [-0.2, -0.15) is 0 Å². The molecule has 1 aliphatic heterocycles. The normalized spacial score (nSPS) is 13.9. The van der Waals surface area contributed by atoms with Crippen molar-refractivity contribution in [3.63, 3.8) is 0 Å². The van der Waals surface area contributed by atoms with E-state index in [1.807, 2.05) is 18.6 Å². The number of aromatic nitrogens is 2. The molecular weight excluding hydrogens is 258 g/mol. The minimum atomic E-state index is 0.957. The molecule has 1 N–H and O–H groups in total. The Morgan fingerprint density at radius 3 is 2.81 bits per heavy atom. The Labute approximate surface area is 124 Å². The molecule has 0 atom stereocenters. The molecule has 0 amide bonds. The number of imidazole rings is 1. The molecule has 1 aromatic heterocycles. The highest BCUT2D eigenvalue weighted by Crippen LogP contribution is 2.24. The number of nitrogens with zero attached hydrogens (tertiary/aromatic N) is 2. The summed E-state index contributed by atoms with van der Waals surface area (Å²) in [5.74, 6) is 0. The monoisotopic (exact) mass is 275 g/mol. The largest absolute Gasteiger partial charge is 0.312 e. The smallest absolute Gasteiger partial charge is 0.0997 e. The fourth-order valence-electron chi connectivity index (χ4n) is 2.94. The molecule has 2 aromatic carbocycles. The highest BCUT2D eigenvalue weighted by Gasteiger charge is 2.11. The predicted octanol–water partition coefficient (Wildman–Crippen LogP) is 3.19. The number of hydrogen-bond acceptors (Lipinski definition) is 2. The Bertz CT molecular complexity index is 759. The third-order valence-corrected chi connectivity index (χ3v) is 4.06. The van der Waals surface area contributed by atoms with Gasteiger partial charge in [0.1, 0.15) is 0 Å². The molecule has 4 rings (SSSR count). The van der Waals surface area contributed by atoms with Crippen molar-refractivity contribution in [1.29, 1.82) is 0 Å². The fraction of sp³-hybridized carbons (Fsp3) is 0.167. The summed E-state index contributed by atoms with van der Waals surface area (Å²) in [6, 6.07) is 17.1. The van der Waals surface area contributed by atoms with Gasteiger partial charge >= 0.3 is 0 Å². The summed E-state index contributed by atoms with van der Waals surface area (Å²) >= 11 is 0. The number of rotatable bonds is 2. The maximum absolute atomic E-state index is 4.33. The molecule has 0 spiro atoms. The van der Waals surface area contributed by atoms with Crippen LogP contribution >= 0.6 is 0 Å². The standard InChI is InChI=1S/C18H17N3/c1-2-4-15(5-3-1)18-12-20-13-21(18)17-7-6-14-8-9-19-11-16(14)10-17/h1-7,10,12-13,19H,8-9,11H2. The van der Waals surface area contributed by atoms with Crippen LogP contribution in [0.1, 0.15) is 11.1 Å². The maximum atomic E-state index is 4.33. The van der Waals surface area contributed by atoms with E-state index >= 15 is 0 Å². The zero-order chi connectivity index (χ0) is 14.1. The quantitative estimate of drug-likeness (QED) is 0.778. The van der Waals surface area contributed by atoms with E-state index in [4.69, 9.17) is 0 Å². The van der Waals surface area contributed by atoms with E-state index in [-0.39, 0.29) is 0 Å². The molecule has 0 saturated heterocycles. The van der Waals surface area contributed by atoms with Crippen molar-refractivity contribution < 1.29 is 0 Å². The van der Waals surface area contributed by atoms with Gasteiger partial charge < -0.3 is 5.32 Å². The highest BCUT2D eigenvalue weighted by atomic mass is 15.0. The maximum Gasteiger partial charge on any atom is 0.0997 e. The van der Waals surface area contributed by atoms with Gasteiger partial charge in [-0.25, -0.2) is 4.98 Å². The van der Waals surface area contributed by atoms with Crippen LogP contribution in [-0.4, -0.2) is 16.1 Å². The molecular formula is C18H17N3. The molecule has 0 aliphatic carbocycles. The second-order valence-corrected chi connectivity index (χ2v) is 5.39. The van der Waals surface area contributed by atoms with Crippen LogP contribution in [0, 0.1) is 0 Å². The number of hydrogen-bond donors (Lipinski definition) is 1. The molecule has 1 aliphatic rings. The first kappa shape index (κ1) is 12.4. The minimum absolute atomic E-state index is 0.957. The van der Waals surface area contributed by atoms with Crippen LogP contribution < -0.4 is 5.32 Å². The zero-order valence-electron chi connectivity index (χ0n) is 11.8. The highest BCUT2D eigenvalue weighted by molar-refractivity contribution is 5.62. The lowest BCUT2D eigenvalue weighted by Gasteiger charge is -2.18. The van der Waals surface area contributed by atoms with Crippen molar-refractivity contribution in [1.82, 2.24) is 14.9 Å². The lowest BCUT2D eigenvalue weighted by Crippen LogP contribution is -2.23. The van der Waals surface area contributed by atoms with Crippen LogP contribution in [0.5, 0.6) is 0 Å². The average Bonchev–Trinajstić information content (AvgIpc) is 3.05. The lowest BCUT2D eigenvalue weighted by molar-refractivity contribution is 0.643. The number of fused-ring (bicyclic) bond motifs is 1. The third kappa shape index (κ3) is 2.26. The van der Waals surface area contributed by atoms with Crippen molar-refractivity contribution in [3.8, 4) is 16.9 Å². The Morgan fingerprint density at radius 2 is 1.90 bits per heavy atom. The van der Waals surface area contributed by atoms with E-state index in [2.05, 4.69) is 57.3 Å². The van der Waals surface area contributed by atoms with E-state index in [1.165, 1.54) is 22.4 Å². The molecule has 3 heteroatoms. The summed E-state index contributed by atoms with van der Waals surface area (Å²) in [5.41, 5.74) is 6.34. The van der Waals surface area contributed by atoms with E-state index in [0.717, 1.165) is 25.2 Å². The van der Waals surface area contributed by atoms with Gasteiger partial charge in [0.15, 0.2) is 0 Å². The third-order valence-electron chi connectivity index (χ3n) is 4.06. The van der Waals surface area contributed by atoms with E-state index in [0.29, 0.717) is 0 Å². The van der Waals surface area contributed by atoms with Crippen LogP contribution in [0.3, 0.4) is 0 Å². The van der Waals surface area contributed by atoms with Crippen molar-refractivity contribution in [2.24, 2.45) is 0 Å². The van der Waals surface area contributed by atoms with Gasteiger partial charge in [0.25, 0.3) is 0 Å². The van der Waals surface area contributed by atoms with Crippen LogP contribution in [0.15, 0.2) is 61.1 Å². The summed E-state index contributed by atoms with van der Waals surface area (Å²) in [5, 5.41) is 3.43. The first-order valence-corrected chi connectivity index (χ1v) is 7.32. The Morgan fingerprint density at radius 1 is 1.00 bits per heavy atom. The molecule has 3 nitrogen and oxygen atoms in total. The molecule has 0 radical (unpaired) electrons. The Hall–Kier alpha value is -2.39. The van der Waals surface area contributed by atoms with Crippen molar-refractivity contribution >= 4 is 0 Å². The second kappa shape index (κ2) is 5.19. The molecule has 0 unspecified atom stereocenters. The fourth-order valence-corrected chi connectivity index (χ4v) is 2.94. The molecule has 0 bridgehead atoms. The zero-order valence-corrected chi connectivity index (χ0v) is 11.8. The van der Waals surface area contributed by atoms with Crippen LogP contribution in [0.25, 0.3) is 16.9 Å². The van der Waals surface area contributed by atoms with E-state index in [1.54, 1.807) is 0 Å². The van der Waals surface area contributed by atoms with Crippen molar-refractivity contribution in [2.75, 3.05) is 6.54 Å². The van der Waals surface area contributed by atoms with E-state index in [9.17, 15) is 0 Å². The van der Waals surface area contributed by atoms with Crippen LogP contribution in [0.2, 0.25) is 0 Å². The van der Waals surface area contributed by atoms with Gasteiger partial charge in [-0.1, -0.05) is 36.4 Å².